The lowest BCUT2D eigenvalue weighted by Gasteiger charge is -2.15. The lowest BCUT2D eigenvalue weighted by molar-refractivity contribution is -0.274. The molecular formula is C16H19F3N6OS. The molecule has 2 aromatic carbocycles. The van der Waals surface area contributed by atoms with Gasteiger partial charge in [-0.1, -0.05) is 0 Å². The van der Waals surface area contributed by atoms with E-state index in [2.05, 4.69) is 19.9 Å². The Kier molecular flexibility index (Phi) is 6.77. The first-order valence-corrected chi connectivity index (χ1v) is 8.43. The van der Waals surface area contributed by atoms with Crippen LogP contribution in [-0.2, 0) is 0 Å². The second-order valence-corrected chi connectivity index (χ2v) is 6.35. The van der Waals surface area contributed by atoms with Gasteiger partial charge in [-0.2, -0.15) is 0 Å². The van der Waals surface area contributed by atoms with Crippen LogP contribution in [0.3, 0.4) is 0 Å². The standard InChI is InChI=1S/C16H19F3N6OS/c1-22-27-12-7-8-14(13(9-12)15(20)24-25(2)21)23-10-3-5-11(6-4-10)26-16(17,18)19/h3-9,22-23H,21H2,1-2H3,(H2,20,24). The summed E-state index contributed by atoms with van der Waals surface area (Å²) < 4.78 is 43.6. The molecular weight excluding hydrogens is 381 g/mol. The molecule has 0 aliphatic rings. The average Bonchev–Trinajstić information content (AvgIpc) is 2.56. The highest BCUT2D eigenvalue weighted by Crippen LogP contribution is 2.28. The van der Waals surface area contributed by atoms with Crippen molar-refractivity contribution < 1.29 is 17.9 Å². The molecule has 0 atom stereocenters. The van der Waals surface area contributed by atoms with Gasteiger partial charge in [0, 0.05) is 28.9 Å². The van der Waals surface area contributed by atoms with Gasteiger partial charge >= 0.3 is 6.36 Å². The van der Waals surface area contributed by atoms with E-state index in [0.717, 1.165) is 10.0 Å². The van der Waals surface area contributed by atoms with E-state index < -0.39 is 6.36 Å². The van der Waals surface area contributed by atoms with Crippen molar-refractivity contribution in [2.45, 2.75) is 11.3 Å². The fraction of sp³-hybridized carbons (Fsp3) is 0.188. The summed E-state index contributed by atoms with van der Waals surface area (Å²) in [5.74, 6) is 5.39. The van der Waals surface area contributed by atoms with E-state index in [0.29, 0.717) is 16.9 Å². The van der Waals surface area contributed by atoms with Crippen molar-refractivity contribution in [3.05, 3.63) is 48.0 Å². The zero-order valence-corrected chi connectivity index (χ0v) is 15.4. The number of anilines is 2. The summed E-state index contributed by atoms with van der Waals surface area (Å²) in [6, 6.07) is 10.8. The number of ether oxygens (including phenoxy) is 1. The van der Waals surface area contributed by atoms with Crippen LogP contribution in [0.4, 0.5) is 24.5 Å². The summed E-state index contributed by atoms with van der Waals surface area (Å²) in [5, 5.41) is 8.18. The smallest absolute Gasteiger partial charge is 0.406 e. The van der Waals surface area contributed by atoms with Crippen LogP contribution >= 0.6 is 11.9 Å². The Morgan fingerprint density at radius 2 is 1.85 bits per heavy atom. The second-order valence-electron chi connectivity index (χ2n) is 5.27. The van der Waals surface area contributed by atoms with Crippen LogP contribution in [0, 0.1) is 0 Å². The molecule has 7 nitrogen and oxygen atoms in total. The summed E-state index contributed by atoms with van der Waals surface area (Å²) >= 11 is 1.39. The number of alkyl halides is 3. The molecule has 0 amide bonds. The normalized spacial score (nSPS) is 12.0. The zero-order chi connectivity index (χ0) is 20.0. The molecule has 2 rings (SSSR count). The van der Waals surface area contributed by atoms with E-state index in [-0.39, 0.29) is 11.6 Å². The molecule has 0 aliphatic heterocycles. The summed E-state index contributed by atoms with van der Waals surface area (Å²) in [4.78, 5) is 0.893. The van der Waals surface area contributed by atoms with E-state index in [1.165, 1.54) is 43.3 Å². The maximum Gasteiger partial charge on any atom is 0.573 e. The molecule has 2 aromatic rings. The number of nitrogens with one attached hydrogen (secondary N) is 2. The predicted octanol–water partition coefficient (Wildman–Crippen LogP) is 2.98. The van der Waals surface area contributed by atoms with Crippen molar-refractivity contribution in [1.29, 1.82) is 0 Å². The minimum Gasteiger partial charge on any atom is -0.406 e. The largest absolute Gasteiger partial charge is 0.573 e. The third kappa shape index (κ3) is 6.55. The third-order valence-electron chi connectivity index (χ3n) is 3.12. The van der Waals surface area contributed by atoms with Crippen molar-refractivity contribution in [2.24, 2.45) is 16.7 Å². The van der Waals surface area contributed by atoms with Gasteiger partial charge in [0.15, 0.2) is 5.84 Å². The second kappa shape index (κ2) is 8.84. The first-order valence-electron chi connectivity index (χ1n) is 7.61. The number of hydrogen-bond acceptors (Lipinski definition) is 7. The molecule has 27 heavy (non-hydrogen) atoms. The van der Waals surface area contributed by atoms with Gasteiger partial charge < -0.3 is 15.8 Å². The fourth-order valence-electron chi connectivity index (χ4n) is 2.14. The van der Waals surface area contributed by atoms with E-state index in [1.54, 1.807) is 13.1 Å². The van der Waals surface area contributed by atoms with Crippen molar-refractivity contribution >= 4 is 29.2 Å². The van der Waals surface area contributed by atoms with E-state index in [4.69, 9.17) is 11.6 Å². The Balaban J connectivity index is 2.29. The van der Waals surface area contributed by atoms with Crippen molar-refractivity contribution in [3.8, 4) is 5.75 Å². The molecule has 0 radical (unpaired) electrons. The lowest BCUT2D eigenvalue weighted by Crippen LogP contribution is -2.26. The van der Waals surface area contributed by atoms with Crippen LogP contribution in [-0.4, -0.2) is 31.4 Å². The Bertz CT molecular complexity index is 796. The maximum absolute atomic E-state index is 12.2. The van der Waals surface area contributed by atoms with Crippen LogP contribution in [0.25, 0.3) is 0 Å². The topological polar surface area (TPSA) is 101 Å². The van der Waals surface area contributed by atoms with E-state index in [9.17, 15) is 13.2 Å². The van der Waals surface area contributed by atoms with E-state index >= 15 is 0 Å². The number of rotatable bonds is 7. The van der Waals surface area contributed by atoms with Crippen LogP contribution in [0.5, 0.6) is 5.75 Å². The zero-order valence-electron chi connectivity index (χ0n) is 14.5. The summed E-state index contributed by atoms with van der Waals surface area (Å²) in [5.41, 5.74) is 7.77. The monoisotopic (exact) mass is 400 g/mol. The molecule has 0 heterocycles. The number of hydrazone groups is 1. The van der Waals surface area contributed by atoms with Gasteiger partial charge in [-0.25, -0.2) is 11.0 Å². The quantitative estimate of drug-likeness (QED) is 0.186. The highest BCUT2D eigenvalue weighted by Gasteiger charge is 2.30. The first-order chi connectivity index (χ1) is 12.7. The number of hydrazine groups is 1. The van der Waals surface area contributed by atoms with Gasteiger partial charge in [-0.05, 0) is 61.5 Å². The predicted molar refractivity (Wildman–Crippen MR) is 100 cm³/mol. The Morgan fingerprint density at radius 3 is 2.41 bits per heavy atom. The Labute approximate surface area is 158 Å². The molecule has 0 saturated heterocycles. The summed E-state index contributed by atoms with van der Waals surface area (Å²) in [6.07, 6.45) is -4.73. The minimum atomic E-state index is -4.73. The third-order valence-corrected chi connectivity index (χ3v) is 3.81. The highest BCUT2D eigenvalue weighted by molar-refractivity contribution is 7.97. The molecule has 0 unspecified atom stereocenters. The molecule has 146 valence electrons. The van der Waals surface area contributed by atoms with Crippen molar-refractivity contribution in [2.75, 3.05) is 19.4 Å². The van der Waals surface area contributed by atoms with Gasteiger partial charge in [-0.3, -0.25) is 4.72 Å². The number of hydrogen-bond donors (Lipinski definition) is 4. The van der Waals surface area contributed by atoms with Crippen LogP contribution in [0.1, 0.15) is 5.56 Å². The molecule has 0 spiro atoms. The number of benzene rings is 2. The number of nitrogens with two attached hydrogens (primary N) is 2. The van der Waals surface area contributed by atoms with Crippen molar-refractivity contribution in [3.63, 3.8) is 0 Å². The Morgan fingerprint density at radius 1 is 1.19 bits per heavy atom. The van der Waals surface area contributed by atoms with Gasteiger partial charge in [0.25, 0.3) is 0 Å². The average molecular weight is 400 g/mol. The lowest BCUT2D eigenvalue weighted by atomic mass is 10.1. The van der Waals surface area contributed by atoms with Crippen LogP contribution < -0.4 is 26.4 Å². The molecule has 6 N–H and O–H groups in total. The van der Waals surface area contributed by atoms with E-state index in [1.807, 2.05) is 12.1 Å². The first kappa shape index (κ1) is 20.7. The molecule has 0 bridgehead atoms. The van der Waals surface area contributed by atoms with Gasteiger partial charge in [0.2, 0.25) is 0 Å². The number of amidine groups is 1. The number of halogens is 3. The minimum absolute atomic E-state index is 0.179. The van der Waals surface area contributed by atoms with Crippen LogP contribution in [0.2, 0.25) is 0 Å². The SMILES string of the molecule is CNSc1ccc(Nc2ccc(OC(F)(F)F)cc2)c(/C(N)=N/N(C)N)c1. The molecule has 11 heteroatoms. The van der Waals surface area contributed by atoms with Crippen LogP contribution in [0.15, 0.2) is 52.5 Å². The molecule has 0 saturated carbocycles. The van der Waals surface area contributed by atoms with Gasteiger partial charge in [0.1, 0.15) is 5.75 Å². The maximum atomic E-state index is 12.2. The highest BCUT2D eigenvalue weighted by atomic mass is 32.2. The van der Waals surface area contributed by atoms with Crippen molar-refractivity contribution in [1.82, 2.24) is 9.84 Å². The van der Waals surface area contributed by atoms with Gasteiger partial charge in [0.05, 0.1) is 0 Å². The molecule has 0 aromatic heterocycles. The summed E-state index contributed by atoms with van der Waals surface area (Å²) in [7, 11) is 3.32. The number of nitrogens with zero attached hydrogens (tertiary/aromatic N) is 2. The Hall–Kier alpha value is -2.63. The summed E-state index contributed by atoms with van der Waals surface area (Å²) in [6.45, 7) is 0. The fourth-order valence-corrected chi connectivity index (χ4v) is 2.69. The molecule has 0 aliphatic carbocycles. The molecule has 0 fully saturated rings. The van der Waals surface area contributed by atoms with Gasteiger partial charge in [-0.15, -0.1) is 18.3 Å².